The Hall–Kier alpha value is -2.90. The lowest BCUT2D eigenvalue weighted by atomic mass is 10.3. The van der Waals surface area contributed by atoms with Gasteiger partial charge in [0.05, 0.1) is 23.8 Å². The molecular weight excluding hydrogens is 335 g/mol. The third-order valence-electron chi connectivity index (χ3n) is 4.18. The summed E-state index contributed by atoms with van der Waals surface area (Å²) in [6, 6.07) is 4.31. The van der Waals surface area contributed by atoms with Crippen molar-refractivity contribution >= 4 is 17.1 Å². The Morgan fingerprint density at radius 1 is 1.38 bits per heavy atom. The van der Waals surface area contributed by atoms with Crippen molar-refractivity contribution in [3.8, 4) is 0 Å². The number of rotatable bonds is 7. The van der Waals surface area contributed by atoms with Crippen molar-refractivity contribution < 1.29 is 9.18 Å². The maximum atomic E-state index is 13.2. The molecule has 0 aliphatic carbocycles. The third-order valence-corrected chi connectivity index (χ3v) is 4.18. The maximum Gasteiger partial charge on any atom is 0.317 e. The van der Waals surface area contributed by atoms with Gasteiger partial charge in [0.1, 0.15) is 11.6 Å². The van der Waals surface area contributed by atoms with Gasteiger partial charge in [-0.15, -0.1) is 0 Å². The molecule has 0 spiro atoms. The number of H-pyrrole nitrogens is 1. The first-order chi connectivity index (χ1) is 12.6. The molecular formula is C18H23FN6O. The summed E-state index contributed by atoms with van der Waals surface area (Å²) in [6.07, 6.45) is 4.28. The Morgan fingerprint density at radius 3 is 2.96 bits per heavy atom. The molecule has 26 heavy (non-hydrogen) atoms. The van der Waals surface area contributed by atoms with E-state index in [4.69, 9.17) is 0 Å². The minimum Gasteiger partial charge on any atom is -0.342 e. The number of hydrogen-bond acceptors (Lipinski definition) is 3. The van der Waals surface area contributed by atoms with Crippen LogP contribution in [0.15, 0.2) is 30.6 Å². The molecule has 0 atom stereocenters. The molecule has 0 saturated heterocycles. The van der Waals surface area contributed by atoms with Gasteiger partial charge in [-0.1, -0.05) is 0 Å². The number of aromatic amines is 1. The van der Waals surface area contributed by atoms with Crippen molar-refractivity contribution in [2.75, 3.05) is 13.1 Å². The lowest BCUT2D eigenvalue weighted by Crippen LogP contribution is -2.40. The molecule has 3 aromatic rings. The standard InChI is InChI=1S/C18H23FN6O/c1-3-24(11-13-10-21-25(4-2)12-13)18(26)20-8-7-17-22-15-6-5-14(19)9-16(15)23-17/h5-6,9-10,12H,3-4,7-8,11H2,1-2H3,(H,20,26)(H,22,23). The highest BCUT2D eigenvalue weighted by molar-refractivity contribution is 5.75. The van der Waals surface area contributed by atoms with Crippen molar-refractivity contribution in [2.45, 2.75) is 33.4 Å². The number of imidazole rings is 1. The number of carbonyl (C=O) groups is 1. The minimum absolute atomic E-state index is 0.126. The number of urea groups is 1. The first kappa shape index (κ1) is 17.9. The number of hydrogen-bond donors (Lipinski definition) is 2. The molecule has 0 aliphatic heterocycles. The van der Waals surface area contributed by atoms with Crippen LogP contribution in [0, 0.1) is 5.82 Å². The molecule has 138 valence electrons. The van der Waals surface area contributed by atoms with E-state index < -0.39 is 0 Å². The Bertz CT molecular complexity index is 887. The van der Waals surface area contributed by atoms with E-state index in [1.165, 1.54) is 12.1 Å². The van der Waals surface area contributed by atoms with Gasteiger partial charge in [-0.3, -0.25) is 4.68 Å². The smallest absolute Gasteiger partial charge is 0.317 e. The molecule has 2 N–H and O–H groups in total. The quantitative estimate of drug-likeness (QED) is 0.682. The molecule has 1 aromatic carbocycles. The van der Waals surface area contributed by atoms with E-state index in [1.54, 1.807) is 17.2 Å². The van der Waals surface area contributed by atoms with Gasteiger partial charge in [-0.2, -0.15) is 5.10 Å². The van der Waals surface area contributed by atoms with E-state index in [0.29, 0.717) is 31.6 Å². The van der Waals surface area contributed by atoms with Gasteiger partial charge in [0.15, 0.2) is 0 Å². The second-order valence-corrected chi connectivity index (χ2v) is 6.05. The van der Waals surface area contributed by atoms with Gasteiger partial charge in [0.2, 0.25) is 0 Å². The zero-order chi connectivity index (χ0) is 18.5. The monoisotopic (exact) mass is 358 g/mol. The van der Waals surface area contributed by atoms with Crippen LogP contribution in [-0.2, 0) is 19.5 Å². The predicted molar refractivity (Wildman–Crippen MR) is 97.1 cm³/mol. The molecule has 7 nitrogen and oxygen atoms in total. The second kappa shape index (κ2) is 7.99. The van der Waals surface area contributed by atoms with Crippen LogP contribution in [0.1, 0.15) is 25.2 Å². The van der Waals surface area contributed by atoms with Crippen LogP contribution >= 0.6 is 0 Å². The summed E-state index contributed by atoms with van der Waals surface area (Å²) < 4.78 is 15.1. The van der Waals surface area contributed by atoms with Gasteiger partial charge in [-0.25, -0.2) is 14.2 Å². The summed E-state index contributed by atoms with van der Waals surface area (Å²) in [7, 11) is 0. The Kier molecular flexibility index (Phi) is 5.50. The fourth-order valence-corrected chi connectivity index (χ4v) is 2.76. The zero-order valence-corrected chi connectivity index (χ0v) is 15.0. The van der Waals surface area contributed by atoms with Crippen molar-refractivity contribution in [1.82, 2.24) is 30.0 Å². The summed E-state index contributed by atoms with van der Waals surface area (Å²) in [5.74, 6) is 0.421. The van der Waals surface area contributed by atoms with Crippen LogP contribution in [0.3, 0.4) is 0 Å². The summed E-state index contributed by atoms with van der Waals surface area (Å²) in [4.78, 5) is 21.6. The molecule has 0 aliphatic rings. The van der Waals surface area contributed by atoms with Crippen molar-refractivity contribution in [3.05, 3.63) is 47.8 Å². The number of nitrogens with one attached hydrogen (secondary N) is 2. The van der Waals surface area contributed by atoms with Crippen LogP contribution in [0.25, 0.3) is 11.0 Å². The summed E-state index contributed by atoms with van der Waals surface area (Å²) in [5.41, 5.74) is 2.38. The number of carbonyl (C=O) groups excluding carboxylic acids is 1. The Labute approximate surface area is 151 Å². The third kappa shape index (κ3) is 4.19. The lowest BCUT2D eigenvalue weighted by Gasteiger charge is -2.20. The molecule has 2 heterocycles. The average molecular weight is 358 g/mol. The molecule has 0 saturated carbocycles. The Balaban J connectivity index is 1.52. The molecule has 0 fully saturated rings. The van der Waals surface area contributed by atoms with Crippen molar-refractivity contribution in [2.24, 2.45) is 0 Å². The first-order valence-electron chi connectivity index (χ1n) is 8.77. The Morgan fingerprint density at radius 2 is 2.23 bits per heavy atom. The highest BCUT2D eigenvalue weighted by atomic mass is 19.1. The largest absolute Gasteiger partial charge is 0.342 e. The molecule has 0 bridgehead atoms. The predicted octanol–water partition coefficient (Wildman–Crippen LogP) is 2.69. The van der Waals surface area contributed by atoms with Crippen molar-refractivity contribution in [3.63, 3.8) is 0 Å². The number of fused-ring (bicyclic) bond motifs is 1. The topological polar surface area (TPSA) is 78.8 Å². The highest BCUT2D eigenvalue weighted by Gasteiger charge is 2.13. The average Bonchev–Trinajstić information content (AvgIpc) is 3.25. The van der Waals surface area contributed by atoms with Gasteiger partial charge in [0, 0.05) is 37.8 Å². The zero-order valence-electron chi connectivity index (χ0n) is 15.0. The van der Waals surface area contributed by atoms with Crippen LogP contribution in [0.4, 0.5) is 9.18 Å². The van der Waals surface area contributed by atoms with Gasteiger partial charge in [0.25, 0.3) is 0 Å². The van der Waals surface area contributed by atoms with Gasteiger partial charge in [-0.05, 0) is 32.0 Å². The second-order valence-electron chi connectivity index (χ2n) is 6.05. The van der Waals surface area contributed by atoms with E-state index in [1.807, 2.05) is 24.7 Å². The maximum absolute atomic E-state index is 13.2. The highest BCUT2D eigenvalue weighted by Crippen LogP contribution is 2.13. The van der Waals surface area contributed by atoms with E-state index in [0.717, 1.165) is 23.4 Å². The first-order valence-corrected chi connectivity index (χ1v) is 8.77. The molecule has 3 rings (SSSR count). The van der Waals surface area contributed by atoms with Gasteiger partial charge < -0.3 is 15.2 Å². The number of aromatic nitrogens is 4. The molecule has 2 aromatic heterocycles. The van der Waals surface area contributed by atoms with E-state index >= 15 is 0 Å². The van der Waals surface area contributed by atoms with Crippen molar-refractivity contribution in [1.29, 1.82) is 0 Å². The fraction of sp³-hybridized carbons (Fsp3) is 0.389. The molecule has 0 unspecified atom stereocenters. The SMILES string of the molecule is CCN(Cc1cnn(CC)c1)C(=O)NCCc1nc2ccc(F)cc2[nH]1. The van der Waals surface area contributed by atoms with E-state index in [9.17, 15) is 9.18 Å². The summed E-state index contributed by atoms with van der Waals surface area (Å²) in [6.45, 7) is 6.34. The number of amides is 2. The number of halogens is 1. The lowest BCUT2D eigenvalue weighted by molar-refractivity contribution is 0.198. The van der Waals surface area contributed by atoms with Gasteiger partial charge >= 0.3 is 6.03 Å². The number of benzene rings is 1. The molecule has 0 radical (unpaired) electrons. The minimum atomic E-state index is -0.300. The van der Waals surface area contributed by atoms with Crippen LogP contribution in [0.2, 0.25) is 0 Å². The van der Waals surface area contributed by atoms with E-state index in [-0.39, 0.29) is 11.8 Å². The molecule has 8 heteroatoms. The van der Waals surface area contributed by atoms with Crippen LogP contribution < -0.4 is 5.32 Å². The summed E-state index contributed by atoms with van der Waals surface area (Å²) >= 11 is 0. The normalized spacial score (nSPS) is 11.0. The van der Waals surface area contributed by atoms with E-state index in [2.05, 4.69) is 20.4 Å². The number of nitrogens with zero attached hydrogens (tertiary/aromatic N) is 4. The van der Waals surface area contributed by atoms with Crippen LogP contribution in [-0.4, -0.2) is 43.8 Å². The summed E-state index contributed by atoms with van der Waals surface area (Å²) in [5, 5.41) is 7.13. The molecule has 2 amide bonds. The number of aryl methyl sites for hydroxylation is 1. The fourth-order valence-electron chi connectivity index (χ4n) is 2.76. The van der Waals surface area contributed by atoms with Crippen LogP contribution in [0.5, 0.6) is 0 Å².